The van der Waals surface area contributed by atoms with Crippen molar-refractivity contribution in [3.63, 3.8) is 0 Å². The Bertz CT molecular complexity index is 1330. The highest BCUT2D eigenvalue weighted by molar-refractivity contribution is 6.19. The Morgan fingerprint density at radius 2 is 2.11 bits per heavy atom. The van der Waals surface area contributed by atoms with E-state index in [0.717, 1.165) is 0 Å². The van der Waals surface area contributed by atoms with Gasteiger partial charge in [0.25, 0.3) is 11.8 Å². The number of aliphatic imine (C=N–C) groups is 1. The quantitative estimate of drug-likeness (QED) is 0.483. The van der Waals surface area contributed by atoms with Crippen LogP contribution in [0.25, 0.3) is 0 Å². The van der Waals surface area contributed by atoms with E-state index in [9.17, 15) is 22.4 Å². The Hall–Kier alpha value is -3.19. The third-order valence-electron chi connectivity index (χ3n) is 7.45. The third-order valence-corrected chi connectivity index (χ3v) is 8.29. The van der Waals surface area contributed by atoms with E-state index in [-0.39, 0.29) is 30.1 Å². The maximum atomic E-state index is 14.2. The summed E-state index contributed by atoms with van der Waals surface area (Å²) in [5, 5.41) is -1.10. The average Bonchev–Trinajstić information content (AvgIpc) is 3.31. The number of halogens is 4. The van der Waals surface area contributed by atoms with Crippen LogP contribution in [0.1, 0.15) is 46.6 Å². The summed E-state index contributed by atoms with van der Waals surface area (Å²) in [6, 6.07) is 4.98. The second-order valence-corrected chi connectivity index (χ2v) is 10.6. The molecular weight excluding hydrogens is 510 g/mol. The van der Waals surface area contributed by atoms with Crippen molar-refractivity contribution in [1.29, 1.82) is 0 Å². The van der Waals surface area contributed by atoms with E-state index in [1.807, 2.05) is 6.92 Å². The first-order valence-corrected chi connectivity index (χ1v) is 12.2. The van der Waals surface area contributed by atoms with Crippen LogP contribution in [0.2, 0.25) is 0 Å². The van der Waals surface area contributed by atoms with Crippen LogP contribution >= 0.6 is 0 Å². The van der Waals surface area contributed by atoms with Gasteiger partial charge < -0.3 is 35.2 Å². The second-order valence-electron chi connectivity index (χ2n) is 9.82. The molecule has 3 aliphatic heterocycles. The summed E-state index contributed by atoms with van der Waals surface area (Å²) in [7, 11) is 3.83. The number of carbonyl (C=O) groups is 1. The van der Waals surface area contributed by atoms with Gasteiger partial charge in [0.15, 0.2) is 5.96 Å². The van der Waals surface area contributed by atoms with Gasteiger partial charge in [-0.2, -0.15) is 8.78 Å². The smallest absolute Gasteiger partial charge is 0.387 e. The molecule has 13 heteroatoms. The van der Waals surface area contributed by atoms with Gasteiger partial charge in [0.2, 0.25) is 0 Å². The number of morpholine rings is 1. The van der Waals surface area contributed by atoms with E-state index in [4.69, 9.17) is 10.5 Å². The highest BCUT2D eigenvalue weighted by atomic mass is 28.1. The van der Waals surface area contributed by atoms with Gasteiger partial charge in [-0.25, -0.2) is 18.8 Å². The van der Waals surface area contributed by atoms with Crippen molar-refractivity contribution >= 4 is 27.8 Å². The molecule has 37 heavy (non-hydrogen) atoms. The van der Waals surface area contributed by atoms with Crippen LogP contribution in [0, 0.1) is 0 Å². The molecule has 4 aliphatic rings. The summed E-state index contributed by atoms with van der Waals surface area (Å²) in [4.78, 5) is 25.5. The van der Waals surface area contributed by atoms with Crippen molar-refractivity contribution in [1.82, 2.24) is 14.8 Å². The number of hydrogen-bond donors (Lipinski definition) is 1. The maximum Gasteiger partial charge on any atom is 0.387 e. The first-order valence-electron chi connectivity index (χ1n) is 11.7. The topological polar surface area (TPSA) is 93.3 Å². The molecule has 1 amide bonds. The van der Waals surface area contributed by atoms with Crippen LogP contribution in [0.3, 0.4) is 0 Å². The minimum absolute atomic E-state index is 0.00272. The van der Waals surface area contributed by atoms with Gasteiger partial charge in [-0.3, -0.25) is 4.79 Å². The number of alkyl halides is 4. The predicted molar refractivity (Wildman–Crippen MR) is 124 cm³/mol. The first kappa shape index (κ1) is 24.2. The Morgan fingerprint density at radius 1 is 1.32 bits per heavy atom. The zero-order valence-electron chi connectivity index (χ0n) is 19.6. The number of aromatic nitrogens is 1. The van der Waals surface area contributed by atoms with Crippen molar-refractivity contribution in [2.45, 2.75) is 55.6 Å². The molecule has 2 aromatic rings. The number of amides is 1. The number of guanidine groups is 1. The molecule has 4 atom stereocenters. The molecule has 1 aromatic heterocycles. The molecule has 1 aliphatic carbocycles. The molecule has 0 spiro atoms. The van der Waals surface area contributed by atoms with Crippen molar-refractivity contribution in [2.75, 3.05) is 13.2 Å². The molecule has 4 heterocycles. The summed E-state index contributed by atoms with van der Waals surface area (Å²) in [6.45, 7) is -1.44. The number of hydrogen-bond acceptors (Lipinski definition) is 7. The van der Waals surface area contributed by atoms with Crippen LogP contribution < -0.4 is 10.5 Å². The lowest BCUT2D eigenvalue weighted by Gasteiger charge is -2.59. The van der Waals surface area contributed by atoms with Gasteiger partial charge in [0.05, 0.1) is 37.2 Å². The number of nitrogens with two attached hydrogens (primary N) is 1. The lowest BCUT2D eigenvalue weighted by Crippen LogP contribution is -2.64. The maximum absolute atomic E-state index is 14.2. The van der Waals surface area contributed by atoms with E-state index in [0.29, 0.717) is 28.8 Å². The zero-order valence-corrected chi connectivity index (χ0v) is 20.6. The number of carbonyl (C=O) groups excluding carboxylic acids is 1. The molecule has 0 unspecified atom stereocenters. The minimum Gasteiger partial charge on any atom is -0.625 e. The number of ether oxygens (including phenoxy) is 2. The van der Waals surface area contributed by atoms with E-state index in [1.54, 1.807) is 11.0 Å². The van der Waals surface area contributed by atoms with Crippen molar-refractivity contribution in [3.8, 4) is 5.75 Å². The van der Waals surface area contributed by atoms with Crippen LogP contribution in [-0.2, 0) is 16.3 Å². The van der Waals surface area contributed by atoms with Gasteiger partial charge in [0.1, 0.15) is 11.4 Å². The van der Waals surface area contributed by atoms with Gasteiger partial charge >= 0.3 is 6.61 Å². The van der Waals surface area contributed by atoms with Crippen LogP contribution in [-0.4, -0.2) is 74.7 Å². The summed E-state index contributed by atoms with van der Waals surface area (Å²) in [5.41, 5.74) is 8.20. The molecule has 6 rings (SSSR count). The number of nitrogens with zero attached hydrogens (tertiary/aromatic N) is 4. The molecule has 2 radical (unpaired) electrons. The highest BCUT2D eigenvalue weighted by Gasteiger charge is 2.50. The molecule has 2 fully saturated rings. The van der Waals surface area contributed by atoms with Crippen molar-refractivity contribution in [2.24, 2.45) is 10.7 Å². The lowest BCUT2D eigenvalue weighted by molar-refractivity contribution is -0.0959. The third kappa shape index (κ3) is 3.69. The SMILES string of the molecule is C[C@@H]1CO[C@@H]2Cc3cc(OC(F)F)ccc3[C@]2([Si-])N1C(=O)c1cc2c(cn1)N=C(N)N1CC(F)(F)C[C@H]21. The fourth-order valence-corrected chi connectivity index (χ4v) is 6.65. The highest BCUT2D eigenvalue weighted by Crippen LogP contribution is 2.48. The van der Waals surface area contributed by atoms with Crippen LogP contribution in [0.5, 0.6) is 5.75 Å². The molecule has 1 aromatic carbocycles. The monoisotopic (exact) mass is 532 g/mol. The Labute approximate surface area is 212 Å². The van der Waals surface area contributed by atoms with Crippen LogP contribution in [0.15, 0.2) is 35.5 Å². The van der Waals surface area contributed by atoms with E-state index < -0.39 is 48.7 Å². The molecule has 2 N–H and O–H groups in total. The standard InChI is InChI=1S/C24H22F4N5O3Si/c1-11-9-35-19-5-12-4-13(36-21(25)26)2-3-15(12)24(19,37)33(11)20(34)16-6-14-17(8-30-16)31-22(29)32-10-23(27,28)7-18(14)32/h2-4,6,8,11,18-19,21H,5,7,9-10H2,1H3,(H2,29,31)/q-1/t11-,18-,19-,24-/m1/s1. The number of benzene rings is 1. The molecule has 2 saturated heterocycles. The summed E-state index contributed by atoms with van der Waals surface area (Å²) in [6.07, 6.45) is 0.811. The Kier molecular flexibility index (Phi) is 5.32. The van der Waals surface area contributed by atoms with E-state index >= 15 is 0 Å². The van der Waals surface area contributed by atoms with Gasteiger partial charge in [-0.15, -0.1) is 0 Å². The van der Waals surface area contributed by atoms with E-state index in [2.05, 4.69) is 25.0 Å². The van der Waals surface area contributed by atoms with Crippen molar-refractivity contribution < 1.29 is 31.8 Å². The number of fused-ring (bicyclic) bond motifs is 6. The molecular formula is C24H22F4N5O3Si-. The molecule has 0 bridgehead atoms. The Balaban J connectivity index is 1.38. The number of rotatable bonds is 3. The minimum atomic E-state index is -2.96. The van der Waals surface area contributed by atoms with Gasteiger partial charge in [-0.05, 0) is 37.1 Å². The lowest BCUT2D eigenvalue weighted by atomic mass is 9.98. The van der Waals surface area contributed by atoms with Crippen LogP contribution in [0.4, 0.5) is 23.2 Å². The summed E-state index contributed by atoms with van der Waals surface area (Å²) >= 11 is 0. The molecule has 194 valence electrons. The first-order chi connectivity index (χ1) is 17.5. The average molecular weight is 533 g/mol. The molecule has 8 nitrogen and oxygen atoms in total. The fourth-order valence-electron chi connectivity index (χ4n) is 5.90. The number of pyridine rings is 1. The molecule has 0 saturated carbocycles. The van der Waals surface area contributed by atoms with E-state index in [1.165, 1.54) is 29.3 Å². The Morgan fingerprint density at radius 3 is 2.86 bits per heavy atom. The zero-order chi connectivity index (χ0) is 26.3. The summed E-state index contributed by atoms with van der Waals surface area (Å²) < 4.78 is 64.5. The fraction of sp³-hybridized carbons (Fsp3) is 0.458. The normalized spacial score (nSPS) is 29.4. The van der Waals surface area contributed by atoms with Gasteiger partial charge in [0, 0.05) is 18.0 Å². The largest absolute Gasteiger partial charge is 0.625 e. The van der Waals surface area contributed by atoms with Gasteiger partial charge in [-0.1, -0.05) is 16.8 Å². The summed E-state index contributed by atoms with van der Waals surface area (Å²) in [5.74, 6) is -3.36. The van der Waals surface area contributed by atoms with Crippen molar-refractivity contribution in [3.05, 3.63) is 52.8 Å². The second kappa shape index (κ2) is 8.15. The predicted octanol–water partition coefficient (Wildman–Crippen LogP) is 2.83.